The van der Waals surface area contributed by atoms with Crippen LogP contribution in [0, 0.1) is 11.7 Å². The van der Waals surface area contributed by atoms with Crippen molar-refractivity contribution >= 4 is 0 Å². The molecule has 1 aromatic rings. The fourth-order valence-electron chi connectivity index (χ4n) is 2.51. The standard InChI is InChI=1S/C13H19FN2O/c14-12-4-2-1-3-11(12)13(7-15)16-6-5-10(8-16)9-17/h1-4,10,13,17H,5-9,15H2. The maximum atomic E-state index is 13.7. The van der Waals surface area contributed by atoms with Gasteiger partial charge in [0.25, 0.3) is 0 Å². The molecule has 2 rings (SSSR count). The molecule has 0 aromatic heterocycles. The zero-order chi connectivity index (χ0) is 12.3. The van der Waals surface area contributed by atoms with Crippen molar-refractivity contribution in [1.82, 2.24) is 4.90 Å². The van der Waals surface area contributed by atoms with E-state index in [1.165, 1.54) is 6.07 Å². The van der Waals surface area contributed by atoms with E-state index in [-0.39, 0.29) is 18.5 Å². The molecule has 3 N–H and O–H groups in total. The number of likely N-dealkylation sites (tertiary alicyclic amines) is 1. The van der Waals surface area contributed by atoms with Crippen molar-refractivity contribution < 1.29 is 9.50 Å². The monoisotopic (exact) mass is 238 g/mol. The lowest BCUT2D eigenvalue weighted by Gasteiger charge is -2.27. The summed E-state index contributed by atoms with van der Waals surface area (Å²) in [5.74, 6) is 0.103. The molecule has 0 spiro atoms. The summed E-state index contributed by atoms with van der Waals surface area (Å²) in [5, 5.41) is 9.13. The highest BCUT2D eigenvalue weighted by molar-refractivity contribution is 5.22. The van der Waals surface area contributed by atoms with Gasteiger partial charge in [0.15, 0.2) is 0 Å². The van der Waals surface area contributed by atoms with Gasteiger partial charge in [-0.05, 0) is 24.9 Å². The summed E-state index contributed by atoms with van der Waals surface area (Å²) in [6.45, 7) is 2.28. The molecule has 17 heavy (non-hydrogen) atoms. The second kappa shape index (κ2) is 5.58. The molecule has 2 unspecified atom stereocenters. The minimum absolute atomic E-state index is 0.0762. The largest absolute Gasteiger partial charge is 0.396 e. The van der Waals surface area contributed by atoms with Crippen molar-refractivity contribution in [3.05, 3.63) is 35.6 Å². The van der Waals surface area contributed by atoms with Gasteiger partial charge in [-0.3, -0.25) is 4.90 Å². The average molecular weight is 238 g/mol. The van der Waals surface area contributed by atoms with Crippen molar-refractivity contribution in [2.24, 2.45) is 11.7 Å². The van der Waals surface area contributed by atoms with E-state index in [1.807, 2.05) is 6.07 Å². The van der Waals surface area contributed by atoms with Gasteiger partial charge in [0.2, 0.25) is 0 Å². The van der Waals surface area contributed by atoms with Crippen LogP contribution in [-0.2, 0) is 0 Å². The molecule has 1 aliphatic rings. The van der Waals surface area contributed by atoms with Gasteiger partial charge in [-0.25, -0.2) is 4.39 Å². The minimum atomic E-state index is -0.199. The first-order chi connectivity index (χ1) is 8.26. The lowest BCUT2D eigenvalue weighted by Crippen LogP contribution is -2.33. The van der Waals surface area contributed by atoms with Crippen LogP contribution in [0.2, 0.25) is 0 Å². The Morgan fingerprint density at radius 3 is 2.82 bits per heavy atom. The Morgan fingerprint density at radius 2 is 2.24 bits per heavy atom. The predicted molar refractivity (Wildman–Crippen MR) is 65.0 cm³/mol. The van der Waals surface area contributed by atoms with Crippen LogP contribution >= 0.6 is 0 Å². The molecule has 1 aliphatic heterocycles. The number of rotatable bonds is 4. The summed E-state index contributed by atoms with van der Waals surface area (Å²) in [6, 6.07) is 6.71. The predicted octanol–water partition coefficient (Wildman–Crippen LogP) is 1.14. The first kappa shape index (κ1) is 12.5. The molecule has 4 heteroatoms. The van der Waals surface area contributed by atoms with Crippen LogP contribution in [0.3, 0.4) is 0 Å². The zero-order valence-electron chi connectivity index (χ0n) is 9.85. The SMILES string of the molecule is NCC(c1ccccc1F)N1CCC(CO)C1. The molecule has 0 saturated carbocycles. The number of benzene rings is 1. The fraction of sp³-hybridized carbons (Fsp3) is 0.538. The Bertz CT molecular complexity index is 372. The van der Waals surface area contributed by atoms with Crippen LogP contribution in [0.1, 0.15) is 18.0 Å². The molecule has 0 amide bonds. The maximum Gasteiger partial charge on any atom is 0.128 e. The highest BCUT2D eigenvalue weighted by Gasteiger charge is 2.29. The van der Waals surface area contributed by atoms with Crippen LogP contribution in [0.25, 0.3) is 0 Å². The number of nitrogens with zero attached hydrogens (tertiary/aromatic N) is 1. The van der Waals surface area contributed by atoms with Crippen molar-refractivity contribution in [1.29, 1.82) is 0 Å². The summed E-state index contributed by atoms with van der Waals surface area (Å²) in [7, 11) is 0. The van der Waals surface area contributed by atoms with E-state index in [0.717, 1.165) is 19.5 Å². The lowest BCUT2D eigenvalue weighted by atomic mass is 10.0. The van der Waals surface area contributed by atoms with Gasteiger partial charge in [-0.1, -0.05) is 18.2 Å². The van der Waals surface area contributed by atoms with Gasteiger partial charge in [0.1, 0.15) is 5.82 Å². The number of halogens is 1. The lowest BCUT2D eigenvalue weighted by molar-refractivity contribution is 0.198. The topological polar surface area (TPSA) is 49.5 Å². The average Bonchev–Trinajstić information content (AvgIpc) is 2.81. The summed E-state index contributed by atoms with van der Waals surface area (Å²) >= 11 is 0. The quantitative estimate of drug-likeness (QED) is 0.827. The molecule has 1 saturated heterocycles. The molecule has 94 valence electrons. The number of aliphatic hydroxyl groups excluding tert-OH is 1. The van der Waals surface area contributed by atoms with Crippen LogP contribution in [0.15, 0.2) is 24.3 Å². The van der Waals surface area contributed by atoms with Gasteiger partial charge < -0.3 is 10.8 Å². The van der Waals surface area contributed by atoms with Crippen molar-refractivity contribution in [3.63, 3.8) is 0 Å². The molecule has 1 heterocycles. The van der Waals surface area contributed by atoms with E-state index in [2.05, 4.69) is 4.90 Å². The van der Waals surface area contributed by atoms with Gasteiger partial charge in [-0.2, -0.15) is 0 Å². The summed E-state index contributed by atoms with van der Waals surface area (Å²) < 4.78 is 13.7. The Morgan fingerprint density at radius 1 is 1.47 bits per heavy atom. The van der Waals surface area contributed by atoms with Crippen molar-refractivity contribution in [2.75, 3.05) is 26.2 Å². The van der Waals surface area contributed by atoms with Crippen LogP contribution in [-0.4, -0.2) is 36.2 Å². The van der Waals surface area contributed by atoms with Crippen LogP contribution in [0.5, 0.6) is 0 Å². The van der Waals surface area contributed by atoms with Gasteiger partial charge in [-0.15, -0.1) is 0 Å². The third kappa shape index (κ3) is 2.65. The molecule has 1 aromatic carbocycles. The highest BCUT2D eigenvalue weighted by Crippen LogP contribution is 2.28. The van der Waals surface area contributed by atoms with Crippen LogP contribution in [0.4, 0.5) is 4.39 Å². The first-order valence-corrected chi connectivity index (χ1v) is 6.05. The second-order valence-corrected chi connectivity index (χ2v) is 4.61. The third-order valence-electron chi connectivity index (χ3n) is 3.50. The molecule has 2 atom stereocenters. The van der Waals surface area contributed by atoms with E-state index in [0.29, 0.717) is 18.0 Å². The zero-order valence-corrected chi connectivity index (χ0v) is 9.85. The van der Waals surface area contributed by atoms with Crippen molar-refractivity contribution in [3.8, 4) is 0 Å². The van der Waals surface area contributed by atoms with Crippen LogP contribution < -0.4 is 5.73 Å². The van der Waals surface area contributed by atoms with Gasteiger partial charge in [0.05, 0.1) is 0 Å². The molecule has 1 fully saturated rings. The molecule has 3 nitrogen and oxygen atoms in total. The summed E-state index contributed by atoms with van der Waals surface area (Å²) in [4.78, 5) is 2.17. The third-order valence-corrected chi connectivity index (χ3v) is 3.50. The number of aliphatic hydroxyl groups is 1. The van der Waals surface area contributed by atoms with Crippen molar-refractivity contribution in [2.45, 2.75) is 12.5 Å². The van der Waals surface area contributed by atoms with E-state index >= 15 is 0 Å². The maximum absolute atomic E-state index is 13.7. The summed E-state index contributed by atoms with van der Waals surface area (Å²) in [6.07, 6.45) is 0.960. The molecule has 0 aliphatic carbocycles. The second-order valence-electron chi connectivity index (χ2n) is 4.61. The molecular weight excluding hydrogens is 219 g/mol. The van der Waals surface area contributed by atoms with E-state index in [9.17, 15) is 4.39 Å². The molecule has 0 radical (unpaired) electrons. The molecule has 0 bridgehead atoms. The fourth-order valence-corrected chi connectivity index (χ4v) is 2.51. The van der Waals surface area contributed by atoms with E-state index in [4.69, 9.17) is 10.8 Å². The highest BCUT2D eigenvalue weighted by atomic mass is 19.1. The number of nitrogens with two attached hydrogens (primary N) is 1. The Labute approximate surface area is 101 Å². The number of hydrogen-bond acceptors (Lipinski definition) is 3. The minimum Gasteiger partial charge on any atom is -0.396 e. The normalized spacial score (nSPS) is 22.9. The van der Waals surface area contributed by atoms with E-state index < -0.39 is 0 Å². The van der Waals surface area contributed by atoms with Gasteiger partial charge in [0, 0.05) is 31.3 Å². The number of hydrogen-bond donors (Lipinski definition) is 2. The Balaban J connectivity index is 2.15. The van der Waals surface area contributed by atoms with E-state index in [1.54, 1.807) is 12.1 Å². The Kier molecular flexibility index (Phi) is 4.10. The molecular formula is C13H19FN2O. The Hall–Kier alpha value is -0.970. The first-order valence-electron chi connectivity index (χ1n) is 6.05. The van der Waals surface area contributed by atoms with Gasteiger partial charge >= 0.3 is 0 Å². The smallest absolute Gasteiger partial charge is 0.128 e. The summed E-state index contributed by atoms with van der Waals surface area (Å²) in [5.41, 5.74) is 6.43.